The van der Waals surface area contributed by atoms with Gasteiger partial charge in [-0.25, -0.2) is 22.5 Å². The number of halogens is 2. The second-order valence-electron chi connectivity index (χ2n) is 10.8. The van der Waals surface area contributed by atoms with Crippen molar-refractivity contribution in [2.45, 2.75) is 49.1 Å². The quantitative estimate of drug-likeness (QED) is 0.276. The molecular weight excluding hydrogens is 563 g/mol. The SMILES string of the molecule is Cn1ccnc1CN(C(=O)[C@@H]1C[C@H]1c1ccccc1F)c1ccc2c(c1)[C@H](NS(=O)(=O)c1cccc(Cl)c1)CCC2. The van der Waals surface area contributed by atoms with Gasteiger partial charge in [0.1, 0.15) is 11.6 Å². The van der Waals surface area contributed by atoms with Gasteiger partial charge in [-0.15, -0.1) is 0 Å². The zero-order valence-corrected chi connectivity index (χ0v) is 24.1. The van der Waals surface area contributed by atoms with Crippen LogP contribution in [0.1, 0.15) is 53.7 Å². The molecule has 1 aromatic heterocycles. The summed E-state index contributed by atoms with van der Waals surface area (Å²) in [5, 5.41) is 0.344. The van der Waals surface area contributed by atoms with Crippen molar-refractivity contribution in [3.63, 3.8) is 0 Å². The number of amides is 1. The fraction of sp³-hybridized carbons (Fsp3) is 0.290. The number of aryl methyl sites for hydroxylation is 2. The summed E-state index contributed by atoms with van der Waals surface area (Å²) in [6, 6.07) is 18.1. The van der Waals surface area contributed by atoms with Crippen LogP contribution < -0.4 is 9.62 Å². The number of benzene rings is 3. The number of sulfonamides is 1. The number of nitrogens with zero attached hydrogens (tertiary/aromatic N) is 3. The van der Waals surface area contributed by atoms with Crippen LogP contribution in [0.4, 0.5) is 10.1 Å². The molecule has 1 saturated carbocycles. The fourth-order valence-corrected chi connectivity index (χ4v) is 7.29. The molecular formula is C31H30ClFN4O3S. The average molecular weight is 593 g/mol. The molecule has 1 heterocycles. The van der Waals surface area contributed by atoms with Gasteiger partial charge < -0.3 is 9.47 Å². The third kappa shape index (κ3) is 5.66. The number of anilines is 1. The van der Waals surface area contributed by atoms with Gasteiger partial charge in [0.15, 0.2) is 0 Å². The third-order valence-corrected chi connectivity index (χ3v) is 9.76. The highest BCUT2D eigenvalue weighted by molar-refractivity contribution is 7.89. The summed E-state index contributed by atoms with van der Waals surface area (Å²) in [5.41, 5.74) is 3.10. The first-order valence-electron chi connectivity index (χ1n) is 13.6. The summed E-state index contributed by atoms with van der Waals surface area (Å²) in [6.07, 6.45) is 6.36. The van der Waals surface area contributed by atoms with Gasteiger partial charge in [-0.1, -0.05) is 41.9 Å². The van der Waals surface area contributed by atoms with Gasteiger partial charge in [0.2, 0.25) is 15.9 Å². The van der Waals surface area contributed by atoms with Crippen LogP contribution in [0.15, 0.2) is 84.0 Å². The van der Waals surface area contributed by atoms with Crippen molar-refractivity contribution >= 4 is 33.2 Å². The molecule has 7 nitrogen and oxygen atoms in total. The minimum atomic E-state index is -3.83. The molecule has 0 unspecified atom stereocenters. The Labute approximate surface area is 244 Å². The highest BCUT2D eigenvalue weighted by Crippen LogP contribution is 2.50. The number of rotatable bonds is 8. The molecule has 0 aliphatic heterocycles. The number of hydrogen-bond donors (Lipinski definition) is 1. The van der Waals surface area contributed by atoms with Gasteiger partial charge in [-0.2, -0.15) is 0 Å². The van der Waals surface area contributed by atoms with Gasteiger partial charge in [0, 0.05) is 42.1 Å². The normalized spacial score (nSPS) is 19.9. The minimum Gasteiger partial charge on any atom is -0.337 e. The van der Waals surface area contributed by atoms with Crippen molar-refractivity contribution in [2.75, 3.05) is 4.90 Å². The lowest BCUT2D eigenvalue weighted by molar-refractivity contribution is -0.120. The van der Waals surface area contributed by atoms with Crippen LogP contribution in [0.2, 0.25) is 5.02 Å². The lowest BCUT2D eigenvalue weighted by atomic mass is 9.87. The smallest absolute Gasteiger partial charge is 0.241 e. The van der Waals surface area contributed by atoms with Crippen molar-refractivity contribution in [2.24, 2.45) is 13.0 Å². The van der Waals surface area contributed by atoms with Gasteiger partial charge in [0.05, 0.1) is 11.4 Å². The molecule has 3 aromatic carbocycles. The Morgan fingerprint density at radius 2 is 1.95 bits per heavy atom. The molecule has 212 valence electrons. The first kappa shape index (κ1) is 27.6. The number of carbonyl (C=O) groups excluding carboxylic acids is 1. The molecule has 0 saturated heterocycles. The lowest BCUT2D eigenvalue weighted by Crippen LogP contribution is -2.34. The largest absolute Gasteiger partial charge is 0.337 e. The van der Waals surface area contributed by atoms with Gasteiger partial charge in [0.25, 0.3) is 0 Å². The van der Waals surface area contributed by atoms with E-state index in [-0.39, 0.29) is 35.0 Å². The molecule has 0 bridgehead atoms. The van der Waals surface area contributed by atoms with Crippen LogP contribution in [-0.2, 0) is 34.8 Å². The van der Waals surface area contributed by atoms with E-state index in [2.05, 4.69) is 9.71 Å². The maximum absolute atomic E-state index is 14.5. The second-order valence-corrected chi connectivity index (χ2v) is 12.9. The van der Waals surface area contributed by atoms with E-state index in [1.54, 1.807) is 41.4 Å². The monoisotopic (exact) mass is 592 g/mol. The Morgan fingerprint density at radius 3 is 2.71 bits per heavy atom. The predicted octanol–water partition coefficient (Wildman–Crippen LogP) is 5.91. The summed E-state index contributed by atoms with van der Waals surface area (Å²) in [7, 11) is -1.96. The number of aromatic nitrogens is 2. The van der Waals surface area contributed by atoms with Crippen LogP contribution in [0.25, 0.3) is 0 Å². The molecule has 1 fully saturated rings. The maximum atomic E-state index is 14.5. The number of nitrogens with one attached hydrogen (secondary N) is 1. The third-order valence-electron chi connectivity index (χ3n) is 8.06. The topological polar surface area (TPSA) is 84.3 Å². The molecule has 2 aliphatic rings. The molecule has 41 heavy (non-hydrogen) atoms. The average Bonchev–Trinajstić information content (AvgIpc) is 3.65. The van der Waals surface area contributed by atoms with Crippen LogP contribution in [0.3, 0.4) is 0 Å². The highest BCUT2D eigenvalue weighted by atomic mass is 35.5. The van der Waals surface area contributed by atoms with Gasteiger partial charge in [-0.05, 0) is 84.7 Å². The number of carbonyl (C=O) groups is 1. The Bertz CT molecular complexity index is 1720. The Hall–Kier alpha value is -3.53. The summed E-state index contributed by atoms with van der Waals surface area (Å²) < 4.78 is 45.8. The number of fused-ring (bicyclic) bond motifs is 1. The number of hydrogen-bond acceptors (Lipinski definition) is 4. The van der Waals surface area contributed by atoms with Crippen LogP contribution in [-0.4, -0.2) is 23.9 Å². The van der Waals surface area contributed by atoms with E-state index < -0.39 is 16.1 Å². The molecule has 1 amide bonds. The minimum absolute atomic E-state index is 0.104. The predicted molar refractivity (Wildman–Crippen MR) is 156 cm³/mol. The summed E-state index contributed by atoms with van der Waals surface area (Å²) in [6.45, 7) is 0.237. The van der Waals surface area contributed by atoms with Crippen LogP contribution in [0, 0.1) is 11.7 Å². The van der Waals surface area contributed by atoms with Gasteiger partial charge in [-0.3, -0.25) is 4.79 Å². The number of imidazole rings is 1. The highest BCUT2D eigenvalue weighted by Gasteiger charge is 2.47. The standard InChI is InChI=1S/C31H30ClFN4O3S/c1-36-15-14-34-30(36)19-37(31(38)27-18-26(27)24-9-2-3-10-28(24)33)22-13-12-20-6-4-11-29(25(20)17-22)35-41(39,40)23-8-5-7-21(32)16-23/h2-3,5,7-10,12-17,26-27,29,35H,4,6,11,18-19H2,1H3/t26-,27+,29+/m0/s1. The molecule has 0 spiro atoms. The van der Waals surface area contributed by atoms with E-state index in [4.69, 9.17) is 11.6 Å². The van der Waals surface area contributed by atoms with Crippen molar-refractivity contribution in [3.8, 4) is 0 Å². The van der Waals surface area contributed by atoms with E-state index in [1.165, 1.54) is 18.2 Å². The molecule has 1 N–H and O–H groups in total. The van der Waals surface area contributed by atoms with E-state index in [9.17, 15) is 17.6 Å². The Balaban J connectivity index is 1.32. The van der Waals surface area contributed by atoms with E-state index in [0.717, 1.165) is 24.0 Å². The zero-order valence-electron chi connectivity index (χ0n) is 22.5. The molecule has 2 aliphatic carbocycles. The summed E-state index contributed by atoms with van der Waals surface area (Å²) in [4.78, 5) is 20.2. The fourth-order valence-electron chi connectivity index (χ4n) is 5.74. The summed E-state index contributed by atoms with van der Waals surface area (Å²) in [5.74, 6) is -0.222. The molecule has 4 aromatic rings. The van der Waals surface area contributed by atoms with Crippen molar-refractivity contribution < 1.29 is 17.6 Å². The van der Waals surface area contributed by atoms with E-state index in [1.807, 2.05) is 36.0 Å². The summed E-state index contributed by atoms with van der Waals surface area (Å²) >= 11 is 6.06. The molecule has 3 atom stereocenters. The maximum Gasteiger partial charge on any atom is 0.241 e. The molecule has 6 rings (SSSR count). The van der Waals surface area contributed by atoms with Crippen molar-refractivity contribution in [1.82, 2.24) is 14.3 Å². The van der Waals surface area contributed by atoms with Gasteiger partial charge >= 0.3 is 0 Å². The first-order valence-corrected chi connectivity index (χ1v) is 15.5. The zero-order chi connectivity index (χ0) is 28.7. The van der Waals surface area contributed by atoms with E-state index >= 15 is 0 Å². The van der Waals surface area contributed by atoms with Crippen molar-refractivity contribution in [3.05, 3.63) is 112 Å². The van der Waals surface area contributed by atoms with E-state index in [0.29, 0.717) is 34.9 Å². The lowest BCUT2D eigenvalue weighted by Gasteiger charge is -2.29. The second kappa shape index (κ2) is 11.0. The Kier molecular flexibility index (Phi) is 7.44. The van der Waals surface area contributed by atoms with Crippen LogP contribution in [0.5, 0.6) is 0 Å². The van der Waals surface area contributed by atoms with Crippen molar-refractivity contribution in [1.29, 1.82) is 0 Å². The first-order chi connectivity index (χ1) is 19.7. The molecule has 0 radical (unpaired) electrons. The van der Waals surface area contributed by atoms with Crippen LogP contribution >= 0.6 is 11.6 Å². The molecule has 10 heteroatoms. The Morgan fingerprint density at radius 1 is 1.12 bits per heavy atom.